The number of hydrogen-bond acceptors (Lipinski definition) is 1. The van der Waals surface area contributed by atoms with Crippen molar-refractivity contribution in [3.05, 3.63) is 12.7 Å². The summed E-state index contributed by atoms with van der Waals surface area (Å²) in [4.78, 5) is 0. The second-order valence-electron chi connectivity index (χ2n) is 3.75. The summed E-state index contributed by atoms with van der Waals surface area (Å²) in [5, 5.41) is 3.08. The first kappa shape index (κ1) is 10.6. The van der Waals surface area contributed by atoms with Gasteiger partial charge in [-0.2, -0.15) is 0 Å². The smallest absolute Gasteiger partial charge is 0.116 e. The molecule has 0 aliphatic rings. The summed E-state index contributed by atoms with van der Waals surface area (Å²) in [5.41, 5.74) is 0.00547. The van der Waals surface area contributed by atoms with Crippen molar-refractivity contribution < 1.29 is 4.39 Å². The molecule has 0 aromatic heterocycles. The molecule has 0 amide bonds. The van der Waals surface area contributed by atoms with Crippen LogP contribution in [0.2, 0.25) is 0 Å². The molecule has 1 nitrogen and oxygen atoms in total. The molecule has 0 bridgehead atoms. The highest BCUT2D eigenvalue weighted by atomic mass is 19.1. The first-order valence-electron chi connectivity index (χ1n) is 3.95. The third kappa shape index (κ3) is 7.53. The van der Waals surface area contributed by atoms with Gasteiger partial charge in [0, 0.05) is 12.1 Å². The maximum absolute atomic E-state index is 12.8. The van der Waals surface area contributed by atoms with E-state index >= 15 is 0 Å². The molecule has 0 aromatic carbocycles. The van der Waals surface area contributed by atoms with Crippen LogP contribution in [0.1, 0.15) is 27.2 Å². The number of halogens is 1. The summed E-state index contributed by atoms with van der Waals surface area (Å²) >= 11 is 0. The SMILES string of the molecule is C=CCC(F)CNC(C)(C)C. The van der Waals surface area contributed by atoms with Gasteiger partial charge in [-0.05, 0) is 27.2 Å². The lowest BCUT2D eigenvalue weighted by atomic mass is 10.1. The summed E-state index contributed by atoms with van der Waals surface area (Å²) in [5.74, 6) is 0. The molecule has 0 aromatic rings. The van der Waals surface area contributed by atoms with Gasteiger partial charge in [0.2, 0.25) is 0 Å². The van der Waals surface area contributed by atoms with E-state index in [0.717, 1.165) is 0 Å². The highest BCUT2D eigenvalue weighted by Gasteiger charge is 2.11. The minimum absolute atomic E-state index is 0.00547. The monoisotopic (exact) mass is 159 g/mol. The van der Waals surface area contributed by atoms with Gasteiger partial charge >= 0.3 is 0 Å². The molecule has 0 saturated heterocycles. The molecule has 2 heteroatoms. The molecule has 11 heavy (non-hydrogen) atoms. The van der Waals surface area contributed by atoms with Crippen molar-refractivity contribution in [2.75, 3.05) is 6.54 Å². The molecule has 1 atom stereocenters. The predicted molar refractivity (Wildman–Crippen MR) is 47.5 cm³/mol. The van der Waals surface area contributed by atoms with Gasteiger partial charge in [-0.1, -0.05) is 6.08 Å². The van der Waals surface area contributed by atoms with Crippen LogP contribution in [0.4, 0.5) is 4.39 Å². The number of rotatable bonds is 4. The van der Waals surface area contributed by atoms with Crippen molar-refractivity contribution in [3.8, 4) is 0 Å². The zero-order chi connectivity index (χ0) is 8.91. The molecular weight excluding hydrogens is 141 g/mol. The molecule has 0 saturated carbocycles. The number of nitrogens with one attached hydrogen (secondary N) is 1. The Morgan fingerprint density at radius 1 is 1.55 bits per heavy atom. The molecule has 0 rings (SSSR count). The number of allylic oxidation sites excluding steroid dienone is 1. The van der Waals surface area contributed by atoms with Gasteiger partial charge in [-0.25, -0.2) is 4.39 Å². The molecule has 66 valence electrons. The molecule has 0 heterocycles. The Kier molecular flexibility index (Phi) is 4.34. The minimum Gasteiger partial charge on any atom is -0.309 e. The topological polar surface area (TPSA) is 12.0 Å². The first-order valence-corrected chi connectivity index (χ1v) is 3.95. The molecule has 0 radical (unpaired) electrons. The average Bonchev–Trinajstić information content (AvgIpc) is 1.83. The Morgan fingerprint density at radius 2 is 2.09 bits per heavy atom. The van der Waals surface area contributed by atoms with Crippen LogP contribution < -0.4 is 5.32 Å². The molecule has 1 unspecified atom stereocenters. The van der Waals surface area contributed by atoms with E-state index in [1.54, 1.807) is 6.08 Å². The molecule has 1 N–H and O–H groups in total. The molecule has 0 aliphatic heterocycles. The lowest BCUT2D eigenvalue weighted by Gasteiger charge is -2.21. The Morgan fingerprint density at radius 3 is 2.45 bits per heavy atom. The van der Waals surface area contributed by atoms with Crippen LogP contribution in [0.5, 0.6) is 0 Å². The molecule has 0 fully saturated rings. The Balaban J connectivity index is 3.45. The summed E-state index contributed by atoms with van der Waals surface area (Å²) in [6.07, 6.45) is 1.24. The van der Waals surface area contributed by atoms with E-state index < -0.39 is 6.17 Å². The van der Waals surface area contributed by atoms with E-state index in [4.69, 9.17) is 0 Å². The quantitative estimate of drug-likeness (QED) is 0.620. The second kappa shape index (κ2) is 4.50. The van der Waals surface area contributed by atoms with Crippen molar-refractivity contribution in [1.82, 2.24) is 5.32 Å². The van der Waals surface area contributed by atoms with Crippen molar-refractivity contribution in [2.24, 2.45) is 0 Å². The maximum atomic E-state index is 12.8. The van der Waals surface area contributed by atoms with Crippen LogP contribution in [0.25, 0.3) is 0 Å². The van der Waals surface area contributed by atoms with Gasteiger partial charge in [0.05, 0.1) is 0 Å². The van der Waals surface area contributed by atoms with Gasteiger partial charge in [-0.15, -0.1) is 6.58 Å². The van der Waals surface area contributed by atoms with Gasteiger partial charge in [0.1, 0.15) is 6.17 Å². The van der Waals surface area contributed by atoms with E-state index in [0.29, 0.717) is 13.0 Å². The van der Waals surface area contributed by atoms with Crippen LogP contribution in [0, 0.1) is 0 Å². The second-order valence-corrected chi connectivity index (χ2v) is 3.75. The third-order valence-corrected chi connectivity index (χ3v) is 1.28. The zero-order valence-electron chi connectivity index (χ0n) is 7.65. The van der Waals surface area contributed by atoms with Crippen molar-refractivity contribution in [2.45, 2.75) is 38.9 Å². The molecule has 0 spiro atoms. The molecule has 0 aliphatic carbocycles. The van der Waals surface area contributed by atoms with Gasteiger partial charge in [-0.3, -0.25) is 0 Å². The van der Waals surface area contributed by atoms with Crippen LogP contribution in [-0.2, 0) is 0 Å². The van der Waals surface area contributed by atoms with E-state index in [1.807, 2.05) is 20.8 Å². The summed E-state index contributed by atoms with van der Waals surface area (Å²) in [6.45, 7) is 9.95. The molecular formula is C9H18FN. The number of alkyl halides is 1. The highest BCUT2D eigenvalue weighted by molar-refractivity contribution is 4.77. The lowest BCUT2D eigenvalue weighted by Crippen LogP contribution is -2.39. The summed E-state index contributed by atoms with van der Waals surface area (Å²) in [7, 11) is 0. The van der Waals surface area contributed by atoms with Crippen LogP contribution in [0.15, 0.2) is 12.7 Å². The minimum atomic E-state index is -0.799. The van der Waals surface area contributed by atoms with Crippen molar-refractivity contribution >= 4 is 0 Å². The van der Waals surface area contributed by atoms with E-state index in [1.165, 1.54) is 0 Å². The van der Waals surface area contributed by atoms with Gasteiger partial charge < -0.3 is 5.32 Å². The number of hydrogen-bond donors (Lipinski definition) is 1. The first-order chi connectivity index (χ1) is 4.95. The standard InChI is InChI=1S/C9H18FN/c1-5-6-8(10)7-11-9(2,3)4/h5,8,11H,1,6-7H2,2-4H3. The fraction of sp³-hybridized carbons (Fsp3) is 0.778. The van der Waals surface area contributed by atoms with E-state index in [2.05, 4.69) is 11.9 Å². The van der Waals surface area contributed by atoms with E-state index in [-0.39, 0.29) is 5.54 Å². The van der Waals surface area contributed by atoms with E-state index in [9.17, 15) is 4.39 Å². The Labute approximate surface area is 68.7 Å². The Hall–Kier alpha value is -0.370. The van der Waals surface area contributed by atoms with Crippen LogP contribution >= 0.6 is 0 Å². The van der Waals surface area contributed by atoms with Gasteiger partial charge in [0.25, 0.3) is 0 Å². The van der Waals surface area contributed by atoms with Crippen molar-refractivity contribution in [3.63, 3.8) is 0 Å². The van der Waals surface area contributed by atoms with Crippen molar-refractivity contribution in [1.29, 1.82) is 0 Å². The lowest BCUT2D eigenvalue weighted by molar-refractivity contribution is 0.288. The maximum Gasteiger partial charge on any atom is 0.116 e. The summed E-state index contributed by atoms with van der Waals surface area (Å²) < 4.78 is 12.8. The fourth-order valence-electron chi connectivity index (χ4n) is 0.681. The zero-order valence-corrected chi connectivity index (χ0v) is 7.65. The summed E-state index contributed by atoms with van der Waals surface area (Å²) in [6, 6.07) is 0. The Bertz CT molecular complexity index is 115. The van der Waals surface area contributed by atoms with Crippen LogP contribution in [0.3, 0.4) is 0 Å². The predicted octanol–water partition coefficient (Wildman–Crippen LogP) is 2.29. The normalized spacial score (nSPS) is 14.5. The third-order valence-electron chi connectivity index (χ3n) is 1.28. The largest absolute Gasteiger partial charge is 0.309 e. The average molecular weight is 159 g/mol. The highest BCUT2D eigenvalue weighted by Crippen LogP contribution is 2.02. The van der Waals surface area contributed by atoms with Crippen LogP contribution in [-0.4, -0.2) is 18.3 Å². The van der Waals surface area contributed by atoms with Gasteiger partial charge in [0.15, 0.2) is 0 Å². The fourth-order valence-corrected chi connectivity index (χ4v) is 0.681.